The first kappa shape index (κ1) is 22.0. The van der Waals surface area contributed by atoms with E-state index in [9.17, 15) is 22.4 Å². The first-order chi connectivity index (χ1) is 14.6. The van der Waals surface area contributed by atoms with Crippen LogP contribution in [0, 0.1) is 23.3 Å². The second-order valence-corrected chi connectivity index (χ2v) is 6.82. The predicted molar refractivity (Wildman–Crippen MR) is 105 cm³/mol. The van der Waals surface area contributed by atoms with Crippen LogP contribution in [0.15, 0.2) is 36.4 Å². The average Bonchev–Trinajstić information content (AvgIpc) is 3.12. The zero-order chi connectivity index (χ0) is 22.9. The fourth-order valence-corrected chi connectivity index (χ4v) is 2.95. The molecule has 1 aromatic heterocycles. The fraction of sp³-hybridized carbons (Fsp3) is 0.190. The van der Waals surface area contributed by atoms with E-state index in [-0.39, 0.29) is 34.6 Å². The Hall–Kier alpha value is -3.69. The Morgan fingerprint density at radius 3 is 2.23 bits per heavy atom. The summed E-state index contributed by atoms with van der Waals surface area (Å²) in [6.45, 7) is 5.06. The van der Waals surface area contributed by atoms with Crippen LogP contribution in [-0.2, 0) is 0 Å². The van der Waals surface area contributed by atoms with Crippen molar-refractivity contribution in [3.8, 4) is 17.1 Å². The van der Waals surface area contributed by atoms with Crippen molar-refractivity contribution in [1.29, 1.82) is 0 Å². The molecule has 162 valence electrons. The molecular formula is C21H18F4N4O2. The molecule has 1 heterocycles. The van der Waals surface area contributed by atoms with Gasteiger partial charge in [-0.1, -0.05) is 0 Å². The zero-order valence-electron chi connectivity index (χ0n) is 16.8. The van der Waals surface area contributed by atoms with Crippen LogP contribution in [0.5, 0.6) is 5.75 Å². The molecule has 2 aromatic carbocycles. The van der Waals surface area contributed by atoms with E-state index in [4.69, 9.17) is 10.5 Å². The van der Waals surface area contributed by atoms with Gasteiger partial charge in [-0.25, -0.2) is 17.6 Å². The van der Waals surface area contributed by atoms with Crippen LogP contribution in [0.25, 0.3) is 17.1 Å². The van der Waals surface area contributed by atoms with Crippen molar-refractivity contribution in [3.05, 3.63) is 71.1 Å². The molecule has 0 atom stereocenters. The van der Waals surface area contributed by atoms with Crippen molar-refractivity contribution < 1.29 is 27.1 Å². The zero-order valence-corrected chi connectivity index (χ0v) is 16.8. The summed E-state index contributed by atoms with van der Waals surface area (Å²) in [5.41, 5.74) is 5.19. The summed E-state index contributed by atoms with van der Waals surface area (Å²) in [6.07, 6.45) is 1.39. The first-order valence-corrected chi connectivity index (χ1v) is 9.17. The largest absolute Gasteiger partial charge is 0.448 e. The highest BCUT2D eigenvalue weighted by Crippen LogP contribution is 2.31. The second kappa shape index (κ2) is 8.58. The number of hydrogen-bond donors (Lipinski definition) is 1. The molecule has 0 spiro atoms. The summed E-state index contributed by atoms with van der Waals surface area (Å²) in [5.74, 6) is -5.83. The Balaban J connectivity index is 2.09. The molecule has 2 N–H and O–H groups in total. The number of amides is 1. The third-order valence-corrected chi connectivity index (χ3v) is 4.36. The van der Waals surface area contributed by atoms with Gasteiger partial charge in [-0.3, -0.25) is 4.79 Å². The summed E-state index contributed by atoms with van der Waals surface area (Å²) in [4.78, 5) is 11.3. The maximum Gasteiger partial charge on any atom is 0.248 e. The van der Waals surface area contributed by atoms with E-state index in [2.05, 4.69) is 10.2 Å². The Bertz CT molecular complexity index is 1170. The van der Waals surface area contributed by atoms with Gasteiger partial charge in [0.2, 0.25) is 5.91 Å². The molecule has 0 bridgehead atoms. The molecule has 31 heavy (non-hydrogen) atoms. The van der Waals surface area contributed by atoms with Crippen molar-refractivity contribution in [1.82, 2.24) is 14.8 Å². The Labute approximate surface area is 175 Å². The number of allylic oxidation sites excluding steroid dienone is 1. The lowest BCUT2D eigenvalue weighted by Gasteiger charge is -2.17. The van der Waals surface area contributed by atoms with Crippen LogP contribution in [-0.4, -0.2) is 20.7 Å². The fourth-order valence-electron chi connectivity index (χ4n) is 2.95. The smallest absolute Gasteiger partial charge is 0.248 e. The van der Waals surface area contributed by atoms with Gasteiger partial charge in [0, 0.05) is 23.7 Å². The van der Waals surface area contributed by atoms with Crippen molar-refractivity contribution in [2.45, 2.75) is 26.8 Å². The molecule has 0 aliphatic rings. The monoisotopic (exact) mass is 434 g/mol. The van der Waals surface area contributed by atoms with Crippen molar-refractivity contribution in [2.75, 3.05) is 0 Å². The third-order valence-electron chi connectivity index (χ3n) is 4.36. The Morgan fingerprint density at radius 1 is 1.06 bits per heavy atom. The van der Waals surface area contributed by atoms with E-state index in [1.807, 2.05) is 0 Å². The maximum atomic E-state index is 14.7. The Kier molecular flexibility index (Phi) is 6.09. The van der Waals surface area contributed by atoms with E-state index >= 15 is 0 Å². The number of nitrogens with zero attached hydrogens (tertiary/aromatic N) is 3. The van der Waals surface area contributed by atoms with Crippen LogP contribution in [0.2, 0.25) is 0 Å². The first-order valence-electron chi connectivity index (χ1n) is 9.17. The van der Waals surface area contributed by atoms with Crippen molar-refractivity contribution in [3.63, 3.8) is 0 Å². The van der Waals surface area contributed by atoms with Gasteiger partial charge in [0.15, 0.2) is 34.8 Å². The van der Waals surface area contributed by atoms with E-state index in [1.165, 1.54) is 29.7 Å². The van der Waals surface area contributed by atoms with Gasteiger partial charge in [0.05, 0.1) is 5.56 Å². The topological polar surface area (TPSA) is 83.0 Å². The summed E-state index contributed by atoms with van der Waals surface area (Å²) in [5, 5.41) is 8.00. The van der Waals surface area contributed by atoms with Gasteiger partial charge >= 0.3 is 0 Å². The van der Waals surface area contributed by atoms with E-state index < -0.39 is 34.9 Å². The number of primary amides is 1. The van der Waals surface area contributed by atoms with E-state index in [1.54, 1.807) is 13.8 Å². The summed E-state index contributed by atoms with van der Waals surface area (Å²) in [7, 11) is 0. The van der Waals surface area contributed by atoms with Gasteiger partial charge in [-0.15, -0.1) is 10.2 Å². The minimum atomic E-state index is -1.24. The Morgan fingerprint density at radius 2 is 1.71 bits per heavy atom. The molecule has 0 unspecified atom stereocenters. The predicted octanol–water partition coefficient (Wildman–Crippen LogP) is 4.62. The van der Waals surface area contributed by atoms with Crippen molar-refractivity contribution in [2.24, 2.45) is 5.73 Å². The van der Waals surface area contributed by atoms with Gasteiger partial charge in [0.25, 0.3) is 0 Å². The highest BCUT2D eigenvalue weighted by molar-refractivity contribution is 5.93. The number of ether oxygens (including phenoxy) is 1. The molecule has 3 rings (SSSR count). The van der Waals surface area contributed by atoms with Crippen LogP contribution in [0.1, 0.15) is 43.0 Å². The number of carbonyl (C=O) groups is 1. The standard InChI is InChI=1S/C21H18F4N4O2/c1-4-17(31-18-15(24)8-12(22)9-16(18)25)21-28-27-20(29(21)10(2)3)13-6-5-11(19(26)30)7-14(13)23/h4-10H,1-3H3,(H2,26,30)/b17-4-. The molecule has 0 aliphatic heterocycles. The number of halogens is 4. The lowest BCUT2D eigenvalue weighted by Crippen LogP contribution is -2.13. The molecule has 0 fully saturated rings. The molecule has 0 aliphatic carbocycles. The van der Waals surface area contributed by atoms with Crippen LogP contribution in [0.3, 0.4) is 0 Å². The quantitative estimate of drug-likeness (QED) is 0.453. The van der Waals surface area contributed by atoms with Gasteiger partial charge < -0.3 is 15.0 Å². The SMILES string of the molecule is C/C=C(\Oc1c(F)cc(F)cc1F)c1nnc(-c2ccc(C(N)=O)cc2F)n1C(C)C. The molecule has 0 saturated heterocycles. The molecule has 6 nitrogen and oxygen atoms in total. The molecular weight excluding hydrogens is 416 g/mol. The van der Waals surface area contributed by atoms with E-state index in [0.717, 1.165) is 6.07 Å². The maximum absolute atomic E-state index is 14.7. The highest BCUT2D eigenvalue weighted by Gasteiger charge is 2.24. The summed E-state index contributed by atoms with van der Waals surface area (Å²) in [6, 6.07) is 4.30. The number of aromatic nitrogens is 3. The second-order valence-electron chi connectivity index (χ2n) is 6.82. The van der Waals surface area contributed by atoms with Gasteiger partial charge in [-0.05, 0) is 45.0 Å². The van der Waals surface area contributed by atoms with Gasteiger partial charge in [0.1, 0.15) is 11.6 Å². The number of nitrogens with two attached hydrogens (primary N) is 1. The highest BCUT2D eigenvalue weighted by atomic mass is 19.1. The summed E-state index contributed by atoms with van der Waals surface area (Å²) < 4.78 is 62.8. The van der Waals surface area contributed by atoms with Crippen LogP contribution < -0.4 is 10.5 Å². The molecule has 3 aromatic rings. The minimum absolute atomic E-state index is 0.0168. The lowest BCUT2D eigenvalue weighted by molar-refractivity contribution is 0.1000. The normalized spacial score (nSPS) is 11.8. The van der Waals surface area contributed by atoms with Crippen LogP contribution >= 0.6 is 0 Å². The average molecular weight is 434 g/mol. The molecule has 0 radical (unpaired) electrons. The minimum Gasteiger partial charge on any atom is -0.448 e. The number of carbonyl (C=O) groups excluding carboxylic acids is 1. The summed E-state index contributed by atoms with van der Waals surface area (Å²) >= 11 is 0. The van der Waals surface area contributed by atoms with E-state index in [0.29, 0.717) is 12.1 Å². The number of hydrogen-bond acceptors (Lipinski definition) is 4. The number of benzene rings is 2. The molecule has 10 heteroatoms. The lowest BCUT2D eigenvalue weighted by atomic mass is 10.1. The van der Waals surface area contributed by atoms with Crippen LogP contribution in [0.4, 0.5) is 17.6 Å². The van der Waals surface area contributed by atoms with Crippen molar-refractivity contribution >= 4 is 11.7 Å². The third kappa shape index (κ3) is 4.27. The van der Waals surface area contributed by atoms with Gasteiger partial charge in [-0.2, -0.15) is 0 Å². The molecule has 0 saturated carbocycles. The molecule has 1 amide bonds. The number of rotatable bonds is 6.